The Bertz CT molecular complexity index is 1480. The van der Waals surface area contributed by atoms with Crippen LogP contribution in [-0.2, 0) is 20.9 Å². The highest BCUT2D eigenvalue weighted by Gasteiger charge is 2.36. The first kappa shape index (κ1) is 28.3. The zero-order valence-electron chi connectivity index (χ0n) is 22.3. The molecule has 0 saturated carbocycles. The van der Waals surface area contributed by atoms with E-state index >= 15 is 0 Å². The van der Waals surface area contributed by atoms with Crippen LogP contribution in [0.25, 0.3) is 0 Å². The first-order valence-corrected chi connectivity index (χ1v) is 12.5. The molecular formula is C30H29N3O7. The second kappa shape index (κ2) is 11.6. The van der Waals surface area contributed by atoms with E-state index in [9.17, 15) is 24.0 Å². The molecule has 1 aliphatic carbocycles. The van der Waals surface area contributed by atoms with Crippen LogP contribution in [0.4, 0.5) is 4.79 Å². The number of carbonyl (C=O) groups is 5. The summed E-state index contributed by atoms with van der Waals surface area (Å²) in [4.78, 5) is 65.7. The Kier molecular flexibility index (Phi) is 8.22. The second-order valence-electron chi connectivity index (χ2n) is 10.1. The van der Waals surface area contributed by atoms with Crippen LogP contribution in [0, 0.1) is 0 Å². The van der Waals surface area contributed by atoms with Crippen LogP contribution in [0.3, 0.4) is 0 Å². The van der Waals surface area contributed by atoms with Crippen molar-refractivity contribution in [1.29, 1.82) is 0 Å². The fourth-order valence-corrected chi connectivity index (χ4v) is 4.21. The number of hydrogen-bond donors (Lipinski definition) is 2. The molecule has 3 N–H and O–H groups in total. The van der Waals surface area contributed by atoms with Gasteiger partial charge in [0.05, 0.1) is 18.8 Å². The van der Waals surface area contributed by atoms with Crippen LogP contribution >= 0.6 is 0 Å². The third kappa shape index (κ3) is 6.14. The molecular weight excluding hydrogens is 514 g/mol. The summed E-state index contributed by atoms with van der Waals surface area (Å²) in [6, 6.07) is 18.2. The molecule has 0 aromatic heterocycles. The van der Waals surface area contributed by atoms with Crippen molar-refractivity contribution in [2.75, 3.05) is 6.61 Å². The number of nitrogens with two attached hydrogens (primary N) is 1. The zero-order valence-corrected chi connectivity index (χ0v) is 22.3. The van der Waals surface area contributed by atoms with Crippen molar-refractivity contribution in [3.8, 4) is 0 Å². The summed E-state index contributed by atoms with van der Waals surface area (Å²) in [6.45, 7) is 4.77. The number of ether oxygens (including phenoxy) is 2. The van der Waals surface area contributed by atoms with E-state index in [4.69, 9.17) is 15.3 Å². The molecule has 1 aliphatic rings. The Morgan fingerprint density at radius 3 is 2.10 bits per heavy atom. The molecule has 0 heterocycles. The molecule has 10 heteroatoms. The zero-order chi connectivity index (χ0) is 29.0. The van der Waals surface area contributed by atoms with Crippen molar-refractivity contribution in [2.45, 2.75) is 39.0 Å². The third-order valence-electron chi connectivity index (χ3n) is 6.02. The molecule has 0 saturated heterocycles. The normalized spacial score (nSPS) is 13.1. The minimum Gasteiger partial charge on any atom is -0.444 e. The lowest BCUT2D eigenvalue weighted by Crippen LogP contribution is -2.56. The lowest BCUT2D eigenvalue weighted by Gasteiger charge is -2.26. The Hall–Kier alpha value is -4.67. The highest BCUT2D eigenvalue weighted by molar-refractivity contribution is 6.31. The molecule has 4 rings (SSSR count). The number of ketones is 2. The molecule has 206 valence electrons. The number of nitrogens with zero attached hydrogens (tertiary/aromatic N) is 1. The SMILES string of the molecule is CC(C)(C)OC(=O)N[C@@H](COCc1ccccc1)C(=O)N(N)C(=O)c1cccc2c1C(=O)c1ccccc1C2=O. The molecule has 40 heavy (non-hydrogen) atoms. The number of imide groups is 1. The van der Waals surface area contributed by atoms with E-state index < -0.39 is 41.1 Å². The molecule has 0 bridgehead atoms. The lowest BCUT2D eigenvalue weighted by molar-refractivity contribution is -0.132. The molecule has 0 spiro atoms. The van der Waals surface area contributed by atoms with E-state index in [-0.39, 0.29) is 41.0 Å². The van der Waals surface area contributed by atoms with E-state index in [1.54, 1.807) is 32.9 Å². The van der Waals surface area contributed by atoms with Gasteiger partial charge in [-0.2, -0.15) is 0 Å². The summed E-state index contributed by atoms with van der Waals surface area (Å²) < 4.78 is 10.9. The van der Waals surface area contributed by atoms with Crippen molar-refractivity contribution in [3.05, 3.63) is 106 Å². The molecule has 3 aromatic rings. The van der Waals surface area contributed by atoms with Gasteiger partial charge in [0.2, 0.25) is 0 Å². The number of fused-ring (bicyclic) bond motifs is 2. The van der Waals surface area contributed by atoms with Crippen molar-refractivity contribution >= 4 is 29.5 Å². The topological polar surface area (TPSA) is 145 Å². The predicted octanol–water partition coefficient (Wildman–Crippen LogP) is 3.41. The van der Waals surface area contributed by atoms with E-state index in [0.717, 1.165) is 5.56 Å². The van der Waals surface area contributed by atoms with Gasteiger partial charge < -0.3 is 14.8 Å². The quantitative estimate of drug-likeness (QED) is 0.205. The maximum Gasteiger partial charge on any atom is 0.408 e. The smallest absolute Gasteiger partial charge is 0.408 e. The van der Waals surface area contributed by atoms with Crippen molar-refractivity contribution < 1.29 is 33.4 Å². The van der Waals surface area contributed by atoms with Crippen LogP contribution in [0.2, 0.25) is 0 Å². The summed E-state index contributed by atoms with van der Waals surface area (Å²) in [5.41, 5.74) is 0.0129. The first-order chi connectivity index (χ1) is 19.0. The maximum absolute atomic E-state index is 13.5. The van der Waals surface area contributed by atoms with Gasteiger partial charge in [-0.05, 0) is 32.4 Å². The molecule has 0 fully saturated rings. The highest BCUT2D eigenvalue weighted by atomic mass is 16.6. The molecule has 1 atom stereocenters. The van der Waals surface area contributed by atoms with Gasteiger partial charge in [-0.25, -0.2) is 15.6 Å². The monoisotopic (exact) mass is 543 g/mol. The number of nitrogens with one attached hydrogen (secondary N) is 1. The van der Waals surface area contributed by atoms with Gasteiger partial charge in [0, 0.05) is 22.3 Å². The number of alkyl carbamates (subject to hydrolysis) is 1. The lowest BCUT2D eigenvalue weighted by atomic mass is 9.81. The second-order valence-corrected chi connectivity index (χ2v) is 10.1. The van der Waals surface area contributed by atoms with E-state index in [2.05, 4.69) is 5.32 Å². The van der Waals surface area contributed by atoms with Gasteiger partial charge in [-0.15, -0.1) is 0 Å². The Balaban J connectivity index is 1.58. The number of benzene rings is 3. The van der Waals surface area contributed by atoms with Gasteiger partial charge in [0.25, 0.3) is 11.8 Å². The number of amides is 3. The van der Waals surface area contributed by atoms with Crippen LogP contribution in [0.15, 0.2) is 72.8 Å². The van der Waals surface area contributed by atoms with Crippen LogP contribution in [0.5, 0.6) is 0 Å². The largest absolute Gasteiger partial charge is 0.444 e. The number of carbonyl (C=O) groups excluding carboxylic acids is 5. The summed E-state index contributed by atoms with van der Waals surface area (Å²) in [5.74, 6) is 2.99. The minimum absolute atomic E-state index is 0.0324. The fraction of sp³-hybridized carbons (Fsp3) is 0.233. The maximum atomic E-state index is 13.5. The number of rotatable bonds is 7. The number of hydrogen-bond acceptors (Lipinski definition) is 8. The van der Waals surface area contributed by atoms with Crippen molar-refractivity contribution in [1.82, 2.24) is 10.3 Å². The van der Waals surface area contributed by atoms with Gasteiger partial charge in [0.1, 0.15) is 11.6 Å². The van der Waals surface area contributed by atoms with Gasteiger partial charge in [-0.1, -0.05) is 66.7 Å². The molecule has 0 radical (unpaired) electrons. The summed E-state index contributed by atoms with van der Waals surface area (Å²) in [5, 5.41) is 2.71. The molecule has 3 aromatic carbocycles. The third-order valence-corrected chi connectivity index (χ3v) is 6.02. The van der Waals surface area contributed by atoms with Crippen LogP contribution in [0.1, 0.15) is 68.5 Å². The van der Waals surface area contributed by atoms with Crippen molar-refractivity contribution in [3.63, 3.8) is 0 Å². The van der Waals surface area contributed by atoms with Gasteiger partial charge in [-0.3, -0.25) is 19.2 Å². The Morgan fingerprint density at radius 2 is 1.45 bits per heavy atom. The highest BCUT2D eigenvalue weighted by Crippen LogP contribution is 2.30. The number of hydrazine groups is 1. The Morgan fingerprint density at radius 1 is 0.850 bits per heavy atom. The van der Waals surface area contributed by atoms with Crippen LogP contribution in [-0.4, -0.2) is 52.7 Å². The molecule has 3 amide bonds. The summed E-state index contributed by atoms with van der Waals surface area (Å²) in [6.07, 6.45) is -0.913. The molecule has 10 nitrogen and oxygen atoms in total. The first-order valence-electron chi connectivity index (χ1n) is 12.5. The predicted molar refractivity (Wildman–Crippen MR) is 144 cm³/mol. The average molecular weight is 544 g/mol. The standard InChI is InChI=1S/C30H29N3O7/c1-30(2,3)40-29(38)32-23(17-39-16-18-10-5-4-6-11-18)28(37)33(31)27(36)22-15-9-14-21-24(22)26(35)20-13-8-7-12-19(20)25(21)34/h4-15,23H,16-17,31H2,1-3H3,(H,32,38)/t23-/m0/s1. The Labute approximate surface area is 231 Å². The fourth-order valence-electron chi connectivity index (χ4n) is 4.21. The van der Waals surface area contributed by atoms with E-state index in [0.29, 0.717) is 5.01 Å². The van der Waals surface area contributed by atoms with Crippen molar-refractivity contribution in [2.24, 2.45) is 5.84 Å². The van der Waals surface area contributed by atoms with E-state index in [1.165, 1.54) is 30.3 Å². The van der Waals surface area contributed by atoms with Gasteiger partial charge >= 0.3 is 6.09 Å². The van der Waals surface area contributed by atoms with E-state index in [1.807, 2.05) is 30.3 Å². The molecule has 0 aliphatic heterocycles. The van der Waals surface area contributed by atoms with Crippen LogP contribution < -0.4 is 11.2 Å². The summed E-state index contributed by atoms with van der Waals surface area (Å²) >= 11 is 0. The molecule has 0 unspecified atom stereocenters. The average Bonchev–Trinajstić information content (AvgIpc) is 2.93. The van der Waals surface area contributed by atoms with Gasteiger partial charge in [0.15, 0.2) is 11.6 Å². The minimum atomic E-state index is -1.40. The summed E-state index contributed by atoms with van der Waals surface area (Å²) in [7, 11) is 0.